The molecule has 2 rings (SSSR count). The molecule has 0 bridgehead atoms. The van der Waals surface area contributed by atoms with Crippen LogP contribution in [0.2, 0.25) is 5.02 Å². The number of aromatic hydroxyl groups is 1. The zero-order valence-electron chi connectivity index (χ0n) is 9.77. The van der Waals surface area contributed by atoms with Crippen LogP contribution < -0.4 is 0 Å². The van der Waals surface area contributed by atoms with Crippen molar-refractivity contribution in [2.45, 2.75) is 0 Å². The first kappa shape index (κ1) is 13.1. The lowest BCUT2D eigenvalue weighted by Gasteiger charge is -2.02. The lowest BCUT2D eigenvalue weighted by molar-refractivity contribution is 0.475. The summed E-state index contributed by atoms with van der Waals surface area (Å²) in [6, 6.07) is 12.5. The SMILES string of the molecule is N#CC(=Cc1ccc(O)c(Cl)c1)c1ccccc1F. The van der Waals surface area contributed by atoms with E-state index < -0.39 is 5.82 Å². The molecule has 0 heterocycles. The molecule has 19 heavy (non-hydrogen) atoms. The normalized spacial score (nSPS) is 11.1. The van der Waals surface area contributed by atoms with E-state index in [1.165, 1.54) is 30.3 Å². The van der Waals surface area contributed by atoms with Gasteiger partial charge in [0.25, 0.3) is 0 Å². The monoisotopic (exact) mass is 273 g/mol. The number of nitriles is 1. The lowest BCUT2D eigenvalue weighted by Crippen LogP contribution is -1.87. The highest BCUT2D eigenvalue weighted by Crippen LogP contribution is 2.26. The molecule has 0 fully saturated rings. The summed E-state index contributed by atoms with van der Waals surface area (Å²) in [5, 5.41) is 18.6. The van der Waals surface area contributed by atoms with Gasteiger partial charge in [-0.25, -0.2) is 4.39 Å². The van der Waals surface area contributed by atoms with Gasteiger partial charge in [-0.3, -0.25) is 0 Å². The molecule has 0 aliphatic carbocycles. The van der Waals surface area contributed by atoms with Crippen LogP contribution in [0.15, 0.2) is 42.5 Å². The topological polar surface area (TPSA) is 44.0 Å². The van der Waals surface area contributed by atoms with Gasteiger partial charge in [-0.1, -0.05) is 35.9 Å². The first-order valence-corrected chi connectivity index (χ1v) is 5.85. The number of benzene rings is 2. The number of rotatable bonds is 2. The van der Waals surface area contributed by atoms with Crippen LogP contribution >= 0.6 is 11.6 Å². The molecule has 0 aliphatic heterocycles. The summed E-state index contributed by atoms with van der Waals surface area (Å²) in [7, 11) is 0. The largest absolute Gasteiger partial charge is 0.506 e. The second-order valence-electron chi connectivity index (χ2n) is 3.86. The minimum atomic E-state index is -0.458. The van der Waals surface area contributed by atoms with Crippen LogP contribution in [0.4, 0.5) is 4.39 Å². The molecular weight excluding hydrogens is 265 g/mol. The van der Waals surface area contributed by atoms with E-state index in [-0.39, 0.29) is 21.9 Å². The van der Waals surface area contributed by atoms with Crippen molar-refractivity contribution in [2.75, 3.05) is 0 Å². The third-order valence-corrected chi connectivity index (χ3v) is 2.87. The number of halogens is 2. The molecule has 0 aromatic heterocycles. The molecule has 1 N–H and O–H groups in total. The fourth-order valence-corrected chi connectivity index (χ4v) is 1.82. The molecule has 94 valence electrons. The summed E-state index contributed by atoms with van der Waals surface area (Å²) in [6.07, 6.45) is 1.52. The summed E-state index contributed by atoms with van der Waals surface area (Å²) in [6.45, 7) is 0. The summed E-state index contributed by atoms with van der Waals surface area (Å²) in [4.78, 5) is 0. The number of allylic oxidation sites excluding steroid dienone is 1. The predicted molar refractivity (Wildman–Crippen MR) is 73.0 cm³/mol. The third kappa shape index (κ3) is 2.93. The van der Waals surface area contributed by atoms with Crippen molar-refractivity contribution in [3.63, 3.8) is 0 Å². The zero-order valence-corrected chi connectivity index (χ0v) is 10.5. The van der Waals surface area contributed by atoms with Crippen molar-refractivity contribution < 1.29 is 9.50 Å². The third-order valence-electron chi connectivity index (χ3n) is 2.57. The van der Waals surface area contributed by atoms with Gasteiger partial charge in [0, 0.05) is 5.56 Å². The molecule has 0 unspecified atom stereocenters. The molecule has 0 aliphatic rings. The number of nitrogens with zero attached hydrogens (tertiary/aromatic N) is 1. The van der Waals surface area contributed by atoms with Crippen LogP contribution in [0.3, 0.4) is 0 Å². The average Bonchev–Trinajstić information content (AvgIpc) is 2.41. The van der Waals surface area contributed by atoms with E-state index in [2.05, 4.69) is 0 Å². The second-order valence-corrected chi connectivity index (χ2v) is 4.27. The molecule has 0 amide bonds. The quantitative estimate of drug-likeness (QED) is 0.657. The van der Waals surface area contributed by atoms with Crippen molar-refractivity contribution >= 4 is 23.3 Å². The molecule has 0 spiro atoms. The van der Waals surface area contributed by atoms with E-state index in [9.17, 15) is 9.50 Å². The van der Waals surface area contributed by atoms with Crippen LogP contribution in [0.5, 0.6) is 5.75 Å². The highest BCUT2D eigenvalue weighted by molar-refractivity contribution is 6.32. The first-order valence-electron chi connectivity index (χ1n) is 5.47. The Labute approximate surface area is 115 Å². The van der Waals surface area contributed by atoms with Crippen molar-refractivity contribution in [2.24, 2.45) is 0 Å². The summed E-state index contributed by atoms with van der Waals surface area (Å²) < 4.78 is 13.6. The van der Waals surface area contributed by atoms with Gasteiger partial charge in [-0.15, -0.1) is 0 Å². The van der Waals surface area contributed by atoms with E-state index in [0.717, 1.165) is 0 Å². The number of hydrogen-bond donors (Lipinski definition) is 1. The number of hydrogen-bond acceptors (Lipinski definition) is 2. The van der Waals surface area contributed by atoms with Gasteiger partial charge in [-0.05, 0) is 29.8 Å². The Morgan fingerprint density at radius 2 is 2.00 bits per heavy atom. The predicted octanol–water partition coefficient (Wildman–Crippen LogP) is 4.25. The van der Waals surface area contributed by atoms with Crippen LogP contribution in [0, 0.1) is 17.1 Å². The summed E-state index contributed by atoms with van der Waals surface area (Å²) in [5.41, 5.74) is 1.04. The molecule has 4 heteroatoms. The van der Waals surface area contributed by atoms with E-state index in [1.807, 2.05) is 6.07 Å². The molecule has 0 saturated carbocycles. The molecular formula is C15H9ClFNO. The van der Waals surface area contributed by atoms with E-state index in [0.29, 0.717) is 5.56 Å². The van der Waals surface area contributed by atoms with Gasteiger partial charge in [0.15, 0.2) is 0 Å². The van der Waals surface area contributed by atoms with Gasteiger partial charge in [0.05, 0.1) is 16.7 Å². The van der Waals surface area contributed by atoms with Gasteiger partial charge < -0.3 is 5.11 Å². The minimum absolute atomic E-state index is 0.0387. The second kappa shape index (κ2) is 5.55. The Bertz CT molecular complexity index is 689. The Balaban J connectivity index is 2.48. The van der Waals surface area contributed by atoms with E-state index in [1.54, 1.807) is 18.2 Å². The fraction of sp³-hybridized carbons (Fsp3) is 0. The maximum Gasteiger partial charge on any atom is 0.134 e. The Morgan fingerprint density at radius 3 is 2.63 bits per heavy atom. The van der Waals surface area contributed by atoms with Gasteiger partial charge in [-0.2, -0.15) is 5.26 Å². The summed E-state index contributed by atoms with van der Waals surface area (Å²) in [5.74, 6) is -0.497. The highest BCUT2D eigenvalue weighted by atomic mass is 35.5. The van der Waals surface area contributed by atoms with E-state index >= 15 is 0 Å². The van der Waals surface area contributed by atoms with Crippen molar-refractivity contribution in [1.82, 2.24) is 0 Å². The molecule has 0 atom stereocenters. The molecule has 0 saturated heterocycles. The van der Waals surface area contributed by atoms with Gasteiger partial charge in [0.2, 0.25) is 0 Å². The maximum absolute atomic E-state index is 13.6. The van der Waals surface area contributed by atoms with E-state index in [4.69, 9.17) is 16.9 Å². The first-order chi connectivity index (χ1) is 9.11. The van der Waals surface area contributed by atoms with Crippen LogP contribution in [-0.4, -0.2) is 5.11 Å². The smallest absolute Gasteiger partial charge is 0.134 e. The lowest BCUT2D eigenvalue weighted by atomic mass is 10.0. The molecule has 2 nitrogen and oxygen atoms in total. The number of phenolic OH excluding ortho intramolecular Hbond substituents is 1. The number of phenols is 1. The standard InChI is InChI=1S/C15H9ClFNO/c16-13-8-10(5-6-15(13)19)7-11(9-18)12-3-1-2-4-14(12)17/h1-8,19H. The zero-order chi connectivity index (χ0) is 13.8. The van der Waals surface area contributed by atoms with Crippen molar-refractivity contribution in [3.8, 4) is 11.8 Å². The van der Waals surface area contributed by atoms with Crippen molar-refractivity contribution in [1.29, 1.82) is 5.26 Å². The van der Waals surface area contributed by atoms with Crippen LogP contribution in [0.1, 0.15) is 11.1 Å². The van der Waals surface area contributed by atoms with Gasteiger partial charge >= 0.3 is 0 Å². The Kier molecular flexibility index (Phi) is 3.84. The van der Waals surface area contributed by atoms with Crippen molar-refractivity contribution in [3.05, 3.63) is 64.4 Å². The molecule has 2 aromatic carbocycles. The minimum Gasteiger partial charge on any atom is -0.506 e. The van der Waals surface area contributed by atoms with Gasteiger partial charge in [0.1, 0.15) is 11.6 Å². The highest BCUT2D eigenvalue weighted by Gasteiger charge is 2.07. The van der Waals surface area contributed by atoms with Crippen LogP contribution in [0.25, 0.3) is 11.6 Å². The van der Waals surface area contributed by atoms with Crippen LogP contribution in [-0.2, 0) is 0 Å². The molecule has 0 radical (unpaired) electrons. The Hall–Kier alpha value is -2.31. The average molecular weight is 274 g/mol. The molecule has 2 aromatic rings. The fourth-order valence-electron chi connectivity index (χ4n) is 1.63. The maximum atomic E-state index is 13.6. The summed E-state index contributed by atoms with van der Waals surface area (Å²) >= 11 is 5.78. The Morgan fingerprint density at radius 1 is 1.26 bits per heavy atom.